The molecule has 4 heterocycles. The van der Waals surface area contributed by atoms with Crippen molar-refractivity contribution in [1.82, 2.24) is 24.8 Å². The fourth-order valence-corrected chi connectivity index (χ4v) is 4.15. The van der Waals surface area contributed by atoms with Crippen molar-refractivity contribution in [2.45, 2.75) is 26.4 Å². The predicted molar refractivity (Wildman–Crippen MR) is 144 cm³/mol. The van der Waals surface area contributed by atoms with Crippen molar-refractivity contribution < 1.29 is 14.3 Å². The molecule has 5 aromatic rings. The van der Waals surface area contributed by atoms with Gasteiger partial charge in [0, 0.05) is 42.2 Å². The first-order valence-corrected chi connectivity index (χ1v) is 12.1. The Kier molecular flexibility index (Phi) is 6.48. The number of hydrogen-bond donors (Lipinski definition) is 1. The number of amides is 1. The second kappa shape index (κ2) is 9.89. The van der Waals surface area contributed by atoms with Crippen molar-refractivity contribution in [3.63, 3.8) is 0 Å². The van der Waals surface area contributed by atoms with E-state index in [0.29, 0.717) is 12.3 Å². The van der Waals surface area contributed by atoms with E-state index in [1.807, 2.05) is 51.1 Å². The van der Waals surface area contributed by atoms with Crippen molar-refractivity contribution in [3.05, 3.63) is 73.3 Å². The standard InChI is InChI=1S/C29H29N5O3/c1-29(2,3)37-28(35)34(4)15-16-36-24-18-30-14-11-21(24)26-25(27-22(33-26)8-6-13-32-27)20-10-9-19-7-5-12-31-23(19)17-20/h5-14,17-18,33H,15-16H2,1-4H3. The average molecular weight is 496 g/mol. The van der Waals surface area contributed by atoms with Crippen LogP contribution in [0.2, 0.25) is 0 Å². The van der Waals surface area contributed by atoms with Gasteiger partial charge in [-0.15, -0.1) is 0 Å². The Morgan fingerprint density at radius 1 is 1.03 bits per heavy atom. The van der Waals surface area contributed by atoms with Gasteiger partial charge in [-0.1, -0.05) is 18.2 Å². The summed E-state index contributed by atoms with van der Waals surface area (Å²) >= 11 is 0. The number of pyridine rings is 3. The minimum atomic E-state index is -0.555. The van der Waals surface area contributed by atoms with Crippen LogP contribution in [0.3, 0.4) is 0 Å². The first kappa shape index (κ1) is 24.2. The fourth-order valence-electron chi connectivity index (χ4n) is 4.15. The Labute approximate surface area is 215 Å². The van der Waals surface area contributed by atoms with Gasteiger partial charge in [-0.3, -0.25) is 15.0 Å². The summed E-state index contributed by atoms with van der Waals surface area (Å²) in [6, 6.07) is 16.0. The lowest BCUT2D eigenvalue weighted by atomic mass is 9.99. The summed E-state index contributed by atoms with van der Waals surface area (Å²) in [5, 5.41) is 1.07. The van der Waals surface area contributed by atoms with Crippen molar-refractivity contribution in [2.75, 3.05) is 20.2 Å². The molecule has 0 saturated heterocycles. The molecule has 0 fully saturated rings. The highest BCUT2D eigenvalue weighted by Gasteiger charge is 2.21. The summed E-state index contributed by atoms with van der Waals surface area (Å²) in [4.78, 5) is 30.8. The summed E-state index contributed by atoms with van der Waals surface area (Å²) in [5.74, 6) is 0.604. The molecule has 0 saturated carbocycles. The first-order chi connectivity index (χ1) is 17.8. The molecular weight excluding hydrogens is 466 g/mol. The number of hydrogen-bond acceptors (Lipinski definition) is 6. The summed E-state index contributed by atoms with van der Waals surface area (Å²) in [7, 11) is 1.69. The van der Waals surface area contributed by atoms with Crippen molar-refractivity contribution in [3.8, 4) is 28.1 Å². The van der Waals surface area contributed by atoms with Gasteiger partial charge in [0.25, 0.3) is 0 Å². The Bertz CT molecular complexity index is 1570. The Balaban J connectivity index is 1.48. The van der Waals surface area contributed by atoms with Crippen molar-refractivity contribution in [1.29, 1.82) is 0 Å². The minimum Gasteiger partial charge on any atom is -0.489 e. The monoisotopic (exact) mass is 495 g/mol. The molecule has 37 heavy (non-hydrogen) atoms. The number of nitrogens with one attached hydrogen (secondary N) is 1. The molecule has 0 aliphatic rings. The quantitative estimate of drug-likeness (QED) is 0.307. The van der Waals surface area contributed by atoms with Crippen LogP contribution in [0.1, 0.15) is 20.8 Å². The number of fused-ring (bicyclic) bond motifs is 2. The third kappa shape index (κ3) is 5.23. The Morgan fingerprint density at radius 2 is 1.84 bits per heavy atom. The molecule has 1 amide bonds. The smallest absolute Gasteiger partial charge is 0.410 e. The van der Waals surface area contributed by atoms with Gasteiger partial charge in [-0.2, -0.15) is 0 Å². The molecule has 5 rings (SSSR count). The number of likely N-dealkylation sites (N-methyl/N-ethyl adjacent to an activating group) is 1. The van der Waals surface area contributed by atoms with E-state index in [1.165, 1.54) is 4.90 Å². The number of aromatic nitrogens is 4. The number of carbonyl (C=O) groups excluding carboxylic acids is 1. The maximum atomic E-state index is 12.3. The lowest BCUT2D eigenvalue weighted by Crippen LogP contribution is -2.36. The zero-order chi connectivity index (χ0) is 26.0. The second-order valence-electron chi connectivity index (χ2n) is 9.81. The maximum absolute atomic E-state index is 12.3. The number of aromatic amines is 1. The number of H-pyrrole nitrogens is 1. The maximum Gasteiger partial charge on any atom is 0.410 e. The van der Waals surface area contributed by atoms with E-state index in [4.69, 9.17) is 9.47 Å². The number of nitrogens with zero attached hydrogens (tertiary/aromatic N) is 4. The second-order valence-corrected chi connectivity index (χ2v) is 9.81. The third-order valence-electron chi connectivity index (χ3n) is 5.89. The first-order valence-electron chi connectivity index (χ1n) is 12.1. The molecule has 0 aliphatic heterocycles. The molecule has 8 heteroatoms. The summed E-state index contributed by atoms with van der Waals surface area (Å²) in [5.41, 5.74) is 5.82. The van der Waals surface area contributed by atoms with Crippen LogP contribution in [-0.2, 0) is 4.74 Å². The number of rotatable bonds is 6. The molecular formula is C29H29N5O3. The van der Waals surface area contributed by atoms with E-state index < -0.39 is 11.7 Å². The molecule has 0 atom stereocenters. The van der Waals surface area contributed by atoms with Crippen LogP contribution < -0.4 is 4.74 Å². The van der Waals surface area contributed by atoms with E-state index in [1.54, 1.807) is 31.8 Å². The lowest BCUT2D eigenvalue weighted by molar-refractivity contribution is 0.0278. The van der Waals surface area contributed by atoms with Crippen molar-refractivity contribution >= 4 is 28.0 Å². The van der Waals surface area contributed by atoms with Crippen LogP contribution in [0.5, 0.6) is 5.75 Å². The van der Waals surface area contributed by atoms with Crippen LogP contribution >= 0.6 is 0 Å². The zero-order valence-electron chi connectivity index (χ0n) is 21.4. The van der Waals surface area contributed by atoms with E-state index >= 15 is 0 Å². The largest absolute Gasteiger partial charge is 0.489 e. The fraction of sp³-hybridized carbons (Fsp3) is 0.241. The van der Waals surface area contributed by atoms with Crippen LogP contribution in [0, 0.1) is 0 Å². The number of ether oxygens (including phenoxy) is 2. The van der Waals surface area contributed by atoms with Gasteiger partial charge >= 0.3 is 6.09 Å². The van der Waals surface area contributed by atoms with Gasteiger partial charge in [0.15, 0.2) is 0 Å². The summed E-state index contributed by atoms with van der Waals surface area (Å²) < 4.78 is 11.6. The van der Waals surface area contributed by atoms with Gasteiger partial charge in [-0.25, -0.2) is 4.79 Å². The molecule has 1 aromatic carbocycles. The molecule has 0 spiro atoms. The van der Waals surface area contributed by atoms with E-state index in [9.17, 15) is 4.79 Å². The molecule has 1 N–H and O–H groups in total. The SMILES string of the molecule is CN(CCOc1cnccc1-c1[nH]c2cccnc2c1-c1ccc2cccnc2c1)C(=O)OC(C)(C)C. The molecule has 8 nitrogen and oxygen atoms in total. The van der Waals surface area contributed by atoms with Crippen LogP contribution in [0.4, 0.5) is 4.79 Å². The molecule has 0 unspecified atom stereocenters. The minimum absolute atomic E-state index is 0.280. The van der Waals surface area contributed by atoms with Gasteiger partial charge in [0.2, 0.25) is 0 Å². The normalized spacial score (nSPS) is 11.6. The van der Waals surface area contributed by atoms with Crippen LogP contribution in [0.25, 0.3) is 44.3 Å². The molecule has 0 bridgehead atoms. The molecule has 0 aliphatic carbocycles. The Hall–Kier alpha value is -4.46. The lowest BCUT2D eigenvalue weighted by Gasteiger charge is -2.24. The highest BCUT2D eigenvalue weighted by Crippen LogP contribution is 2.41. The number of carbonyl (C=O) groups is 1. The Morgan fingerprint density at radius 3 is 2.68 bits per heavy atom. The molecule has 4 aromatic heterocycles. The van der Waals surface area contributed by atoms with Crippen molar-refractivity contribution in [2.24, 2.45) is 0 Å². The predicted octanol–water partition coefficient (Wildman–Crippen LogP) is 6.09. The van der Waals surface area contributed by atoms with E-state index in [-0.39, 0.29) is 6.61 Å². The van der Waals surface area contributed by atoms with Gasteiger partial charge in [-0.05, 0) is 56.7 Å². The molecule has 0 radical (unpaired) electrons. The van der Waals surface area contributed by atoms with Gasteiger partial charge in [0.05, 0.1) is 35.0 Å². The van der Waals surface area contributed by atoms with Gasteiger partial charge in [0.1, 0.15) is 18.0 Å². The van der Waals surface area contributed by atoms with E-state index in [2.05, 4.69) is 38.1 Å². The topological polar surface area (TPSA) is 93.2 Å². The highest BCUT2D eigenvalue weighted by atomic mass is 16.6. The third-order valence-corrected chi connectivity index (χ3v) is 5.89. The summed E-state index contributed by atoms with van der Waals surface area (Å²) in [6.07, 6.45) is 6.62. The zero-order valence-corrected chi connectivity index (χ0v) is 21.4. The van der Waals surface area contributed by atoms with Crippen LogP contribution in [0.15, 0.2) is 73.3 Å². The van der Waals surface area contributed by atoms with E-state index in [0.717, 1.165) is 44.3 Å². The molecule has 188 valence electrons. The summed E-state index contributed by atoms with van der Waals surface area (Å²) in [6.45, 7) is 6.17. The van der Waals surface area contributed by atoms with Crippen LogP contribution in [-0.4, -0.2) is 56.7 Å². The highest BCUT2D eigenvalue weighted by molar-refractivity contribution is 6.03. The average Bonchev–Trinajstić information content (AvgIpc) is 3.27. The number of benzene rings is 1. The van der Waals surface area contributed by atoms with Gasteiger partial charge < -0.3 is 19.4 Å².